The summed E-state index contributed by atoms with van der Waals surface area (Å²) in [6.07, 6.45) is 0.526. The Kier molecular flexibility index (Phi) is 8.20. The first-order valence-corrected chi connectivity index (χ1v) is 12.1. The Morgan fingerprint density at radius 3 is 2.39 bits per heavy atom. The van der Waals surface area contributed by atoms with Crippen molar-refractivity contribution in [2.24, 2.45) is 0 Å². The third-order valence-corrected chi connectivity index (χ3v) is 6.43. The van der Waals surface area contributed by atoms with Crippen molar-refractivity contribution in [1.29, 1.82) is 0 Å². The van der Waals surface area contributed by atoms with Gasteiger partial charge in [-0.25, -0.2) is 17.8 Å². The molecule has 1 aromatic heterocycles. The van der Waals surface area contributed by atoms with Gasteiger partial charge in [0, 0.05) is 29.8 Å². The Bertz CT molecular complexity index is 1140. The smallest absolute Gasteiger partial charge is 0.272 e. The molecule has 0 aliphatic rings. The van der Waals surface area contributed by atoms with Gasteiger partial charge in [-0.15, -0.1) is 0 Å². The lowest BCUT2D eigenvalue weighted by Gasteiger charge is -2.17. The van der Waals surface area contributed by atoms with Gasteiger partial charge in [-0.3, -0.25) is 14.9 Å². The minimum atomic E-state index is -4.14. The summed E-state index contributed by atoms with van der Waals surface area (Å²) in [5, 5.41) is 18.4. The Labute approximate surface area is 193 Å². The maximum atomic E-state index is 13.0. The van der Waals surface area contributed by atoms with E-state index in [1.165, 1.54) is 10.7 Å². The monoisotopic (exact) mass is 481 g/mol. The molecule has 182 valence electrons. The number of aromatic nitrogens is 2. The van der Waals surface area contributed by atoms with Crippen LogP contribution in [-0.4, -0.2) is 41.1 Å². The van der Waals surface area contributed by atoms with E-state index < -0.39 is 26.7 Å². The number of nitro groups is 1. The molecular formula is C21H31N5O6S. The van der Waals surface area contributed by atoms with E-state index in [4.69, 9.17) is 4.74 Å². The van der Waals surface area contributed by atoms with Gasteiger partial charge in [0.25, 0.3) is 11.6 Å². The number of hydrogen-bond acceptors (Lipinski definition) is 7. The van der Waals surface area contributed by atoms with E-state index in [9.17, 15) is 23.3 Å². The van der Waals surface area contributed by atoms with Crippen LogP contribution >= 0.6 is 0 Å². The van der Waals surface area contributed by atoms with Gasteiger partial charge >= 0.3 is 0 Å². The van der Waals surface area contributed by atoms with Gasteiger partial charge in [0.05, 0.1) is 11.0 Å². The number of rotatable bonds is 10. The second-order valence-electron chi connectivity index (χ2n) is 8.37. The molecule has 12 heteroatoms. The highest BCUT2D eigenvalue weighted by Gasteiger charge is 2.28. The van der Waals surface area contributed by atoms with Crippen LogP contribution in [0, 0.1) is 17.0 Å². The normalized spacial score (nSPS) is 12.8. The summed E-state index contributed by atoms with van der Waals surface area (Å²) in [6, 6.07) is 2.64. The van der Waals surface area contributed by atoms with Crippen LogP contribution in [0.2, 0.25) is 0 Å². The lowest BCUT2D eigenvalue weighted by atomic mass is 10.2. The number of ether oxygens (including phenoxy) is 1. The van der Waals surface area contributed by atoms with Crippen molar-refractivity contribution in [3.63, 3.8) is 0 Å². The first-order valence-electron chi connectivity index (χ1n) is 10.7. The predicted octanol–water partition coefficient (Wildman–Crippen LogP) is 3.69. The van der Waals surface area contributed by atoms with Crippen LogP contribution in [0.5, 0.6) is 11.6 Å². The molecule has 11 nitrogen and oxygen atoms in total. The molecule has 0 saturated carbocycles. The molecule has 0 bridgehead atoms. The van der Waals surface area contributed by atoms with E-state index in [1.807, 2.05) is 34.6 Å². The highest BCUT2D eigenvalue weighted by molar-refractivity contribution is 7.89. The van der Waals surface area contributed by atoms with Gasteiger partial charge < -0.3 is 10.1 Å². The Balaban J connectivity index is 2.64. The molecule has 33 heavy (non-hydrogen) atoms. The quantitative estimate of drug-likeness (QED) is 0.389. The molecule has 2 aromatic rings. The van der Waals surface area contributed by atoms with Crippen LogP contribution in [0.15, 0.2) is 23.1 Å². The van der Waals surface area contributed by atoms with Crippen molar-refractivity contribution in [3.05, 3.63) is 39.6 Å². The summed E-state index contributed by atoms with van der Waals surface area (Å²) >= 11 is 0. The lowest BCUT2D eigenvalue weighted by Crippen LogP contribution is -2.32. The summed E-state index contributed by atoms with van der Waals surface area (Å²) in [7, 11) is -4.14. The van der Waals surface area contributed by atoms with Gasteiger partial charge in [-0.05, 0) is 54.0 Å². The summed E-state index contributed by atoms with van der Waals surface area (Å²) in [4.78, 5) is 22.8. The van der Waals surface area contributed by atoms with Gasteiger partial charge in [0.2, 0.25) is 15.9 Å². The maximum absolute atomic E-state index is 13.0. The van der Waals surface area contributed by atoms with Crippen LogP contribution in [0.1, 0.15) is 70.1 Å². The molecule has 1 atom stereocenters. The van der Waals surface area contributed by atoms with E-state index >= 15 is 0 Å². The SMILES string of the molecule is CCC(C)NS(=O)(=O)c1cc([N+](=O)[O-])ccc1Oc1c(C)c(C(=O)NC(C)C)nn1C(C)C. The molecule has 0 radical (unpaired) electrons. The zero-order valence-electron chi connectivity index (χ0n) is 19.9. The molecule has 0 fully saturated rings. The van der Waals surface area contributed by atoms with E-state index in [2.05, 4.69) is 15.1 Å². The number of carbonyl (C=O) groups is 1. The van der Waals surface area contributed by atoms with Crippen LogP contribution < -0.4 is 14.8 Å². The standard InChI is InChI=1S/C21H31N5O6S/c1-8-14(6)24-33(30,31)18-11-16(26(28)29)9-10-17(18)32-21-15(7)19(20(27)22-12(2)3)23-25(21)13(4)5/h9-14,24H,8H2,1-7H3,(H,22,27). The molecule has 1 heterocycles. The fourth-order valence-electron chi connectivity index (χ4n) is 2.94. The van der Waals surface area contributed by atoms with Crippen molar-refractivity contribution < 1.29 is 22.9 Å². The Morgan fingerprint density at radius 2 is 1.88 bits per heavy atom. The van der Waals surface area contributed by atoms with E-state index in [-0.39, 0.29) is 40.2 Å². The lowest BCUT2D eigenvalue weighted by molar-refractivity contribution is -0.385. The molecule has 0 saturated heterocycles. The topological polar surface area (TPSA) is 145 Å². The van der Waals surface area contributed by atoms with Crippen molar-refractivity contribution in [3.8, 4) is 11.6 Å². The number of amides is 1. The minimum absolute atomic E-state index is 0.108. The van der Waals surface area contributed by atoms with Crippen LogP contribution in [-0.2, 0) is 10.0 Å². The highest BCUT2D eigenvalue weighted by atomic mass is 32.2. The van der Waals surface area contributed by atoms with Gasteiger partial charge in [0.15, 0.2) is 5.69 Å². The predicted molar refractivity (Wildman–Crippen MR) is 123 cm³/mol. The number of hydrogen-bond donors (Lipinski definition) is 2. The third-order valence-electron chi connectivity index (χ3n) is 4.82. The molecule has 1 unspecified atom stereocenters. The van der Waals surface area contributed by atoms with Crippen molar-refractivity contribution in [2.45, 2.75) is 77.9 Å². The zero-order chi connectivity index (χ0) is 25.1. The van der Waals surface area contributed by atoms with Gasteiger partial charge in [0.1, 0.15) is 10.6 Å². The summed E-state index contributed by atoms with van der Waals surface area (Å²) in [6.45, 7) is 12.5. The average Bonchev–Trinajstić information content (AvgIpc) is 3.03. The van der Waals surface area contributed by atoms with E-state index in [0.29, 0.717) is 12.0 Å². The Morgan fingerprint density at radius 1 is 1.24 bits per heavy atom. The molecule has 1 aromatic carbocycles. The van der Waals surface area contributed by atoms with E-state index in [0.717, 1.165) is 12.1 Å². The second kappa shape index (κ2) is 10.3. The van der Waals surface area contributed by atoms with Crippen molar-refractivity contribution in [1.82, 2.24) is 19.8 Å². The summed E-state index contributed by atoms with van der Waals surface area (Å²) < 4.78 is 36.0. The van der Waals surface area contributed by atoms with Crippen LogP contribution in [0.25, 0.3) is 0 Å². The van der Waals surface area contributed by atoms with Gasteiger partial charge in [-0.1, -0.05) is 6.92 Å². The largest absolute Gasteiger partial charge is 0.438 e. The Hall–Kier alpha value is -2.99. The first kappa shape index (κ1) is 26.3. The molecule has 2 rings (SSSR count). The molecule has 0 aliphatic carbocycles. The average molecular weight is 482 g/mol. The van der Waals surface area contributed by atoms with Crippen molar-refractivity contribution in [2.75, 3.05) is 0 Å². The number of nitrogens with one attached hydrogen (secondary N) is 2. The summed E-state index contributed by atoms with van der Waals surface area (Å²) in [5.74, 6) is -0.327. The molecule has 0 spiro atoms. The maximum Gasteiger partial charge on any atom is 0.272 e. The number of nitrogens with zero attached hydrogens (tertiary/aromatic N) is 3. The number of sulfonamides is 1. The highest BCUT2D eigenvalue weighted by Crippen LogP contribution is 2.35. The van der Waals surface area contributed by atoms with Crippen LogP contribution in [0.3, 0.4) is 0 Å². The molecule has 2 N–H and O–H groups in total. The molecular weight excluding hydrogens is 450 g/mol. The number of non-ortho nitro benzene ring substituents is 1. The van der Waals surface area contributed by atoms with Gasteiger partial charge in [-0.2, -0.15) is 5.10 Å². The fraction of sp³-hybridized carbons (Fsp3) is 0.524. The molecule has 1 amide bonds. The summed E-state index contributed by atoms with van der Waals surface area (Å²) in [5.41, 5.74) is 0.174. The third kappa shape index (κ3) is 6.08. The molecule has 0 aliphatic heterocycles. The minimum Gasteiger partial charge on any atom is -0.438 e. The number of nitro benzene ring substituents is 1. The van der Waals surface area contributed by atoms with E-state index in [1.54, 1.807) is 13.8 Å². The fourth-order valence-corrected chi connectivity index (χ4v) is 4.42. The zero-order valence-corrected chi connectivity index (χ0v) is 20.7. The van der Waals surface area contributed by atoms with Crippen LogP contribution in [0.4, 0.5) is 5.69 Å². The second-order valence-corrected chi connectivity index (χ2v) is 10.0. The first-order chi connectivity index (χ1) is 15.3. The van der Waals surface area contributed by atoms with Crippen molar-refractivity contribution >= 4 is 21.6 Å². The number of benzene rings is 1. The number of carbonyl (C=O) groups excluding carboxylic acids is 1.